The van der Waals surface area contributed by atoms with Gasteiger partial charge >= 0.3 is 0 Å². The molecule has 0 aromatic rings. The Bertz CT molecular complexity index is 155. The van der Waals surface area contributed by atoms with Gasteiger partial charge in [-0.15, -0.1) is 11.6 Å². The Labute approximate surface area is 98.9 Å². The highest BCUT2D eigenvalue weighted by Crippen LogP contribution is 2.06. The van der Waals surface area contributed by atoms with E-state index in [9.17, 15) is 0 Å². The van der Waals surface area contributed by atoms with E-state index in [1.54, 1.807) is 7.11 Å². The third-order valence-corrected chi connectivity index (χ3v) is 2.57. The molecule has 15 heavy (non-hydrogen) atoms. The minimum absolute atomic E-state index is 0.00758. The molecule has 0 rings (SSSR count). The van der Waals surface area contributed by atoms with Crippen LogP contribution in [0.1, 0.15) is 13.3 Å². The van der Waals surface area contributed by atoms with Crippen molar-refractivity contribution in [2.24, 2.45) is 0 Å². The molecule has 2 atom stereocenters. The van der Waals surface area contributed by atoms with Crippen LogP contribution in [0.5, 0.6) is 0 Å². The maximum atomic E-state index is 5.79. The molecule has 2 unspecified atom stereocenters. The molecular weight excluding hydrogens is 214 g/mol. The van der Waals surface area contributed by atoms with E-state index in [-0.39, 0.29) is 12.2 Å². The Kier molecular flexibility index (Phi) is 7.53. The van der Waals surface area contributed by atoms with E-state index in [1.807, 2.05) is 0 Å². The van der Waals surface area contributed by atoms with Crippen LogP contribution in [-0.2, 0) is 9.47 Å². The van der Waals surface area contributed by atoms with Gasteiger partial charge in [-0.25, -0.2) is 0 Å². The number of quaternary nitrogens is 1. The highest BCUT2D eigenvalue weighted by molar-refractivity contribution is 6.18. The van der Waals surface area contributed by atoms with Crippen molar-refractivity contribution in [3.63, 3.8) is 0 Å². The zero-order chi connectivity index (χ0) is 11.9. The fourth-order valence-electron chi connectivity index (χ4n) is 1.33. The predicted molar refractivity (Wildman–Crippen MR) is 64.4 cm³/mol. The minimum Gasteiger partial charge on any atom is -0.378 e. The molecule has 0 N–H and O–H groups in total. The lowest BCUT2D eigenvalue weighted by Gasteiger charge is -2.29. The van der Waals surface area contributed by atoms with Crippen molar-refractivity contribution < 1.29 is 14.0 Å². The van der Waals surface area contributed by atoms with Crippen LogP contribution < -0.4 is 0 Å². The van der Waals surface area contributed by atoms with Crippen LogP contribution in [0.2, 0.25) is 0 Å². The van der Waals surface area contributed by atoms with Crippen molar-refractivity contribution in [2.45, 2.75) is 25.6 Å². The summed E-state index contributed by atoms with van der Waals surface area (Å²) >= 11 is 5.72. The lowest BCUT2D eigenvalue weighted by Crippen LogP contribution is -2.43. The Balaban J connectivity index is 3.89. The normalized spacial score (nSPS) is 16.4. The molecule has 0 amide bonds. The highest BCUT2D eigenvalue weighted by Gasteiger charge is 2.18. The summed E-state index contributed by atoms with van der Waals surface area (Å²) < 4.78 is 11.9. The molecule has 0 aromatic heterocycles. The van der Waals surface area contributed by atoms with Crippen LogP contribution in [0.25, 0.3) is 0 Å². The molecule has 0 bridgehead atoms. The van der Waals surface area contributed by atoms with Gasteiger partial charge in [-0.05, 0) is 6.42 Å². The van der Waals surface area contributed by atoms with E-state index < -0.39 is 0 Å². The molecule has 0 saturated heterocycles. The van der Waals surface area contributed by atoms with Gasteiger partial charge in [0.25, 0.3) is 0 Å². The van der Waals surface area contributed by atoms with Crippen molar-refractivity contribution >= 4 is 11.6 Å². The zero-order valence-electron chi connectivity index (χ0n) is 10.6. The summed E-state index contributed by atoms with van der Waals surface area (Å²) in [6.45, 7) is 3.73. The second-order valence-corrected chi connectivity index (χ2v) is 5.16. The van der Waals surface area contributed by atoms with Crippen molar-refractivity contribution in [2.75, 3.05) is 47.3 Å². The quantitative estimate of drug-likeness (QED) is 0.474. The Morgan fingerprint density at radius 2 is 1.80 bits per heavy atom. The third-order valence-electron chi connectivity index (χ3n) is 2.23. The first-order valence-electron chi connectivity index (χ1n) is 5.43. The number of rotatable bonds is 8. The van der Waals surface area contributed by atoms with Gasteiger partial charge < -0.3 is 14.0 Å². The number of nitrogens with zero attached hydrogens (tertiary/aromatic N) is 1. The molecule has 0 fully saturated rings. The Morgan fingerprint density at radius 1 is 1.20 bits per heavy atom. The summed E-state index contributed by atoms with van der Waals surface area (Å²) in [5, 5.41) is 0. The van der Waals surface area contributed by atoms with Crippen molar-refractivity contribution in [1.29, 1.82) is 0 Å². The van der Waals surface area contributed by atoms with Gasteiger partial charge in [0.2, 0.25) is 0 Å². The summed E-state index contributed by atoms with van der Waals surface area (Å²) in [6.07, 6.45) is 1.31. The van der Waals surface area contributed by atoms with E-state index in [1.165, 1.54) is 0 Å². The fraction of sp³-hybridized carbons (Fsp3) is 1.00. The van der Waals surface area contributed by atoms with E-state index in [0.717, 1.165) is 17.4 Å². The van der Waals surface area contributed by atoms with Crippen LogP contribution >= 0.6 is 11.6 Å². The number of halogens is 1. The molecular formula is C11H25ClNO2+. The molecule has 0 aliphatic carbocycles. The van der Waals surface area contributed by atoms with E-state index in [2.05, 4.69) is 28.1 Å². The first-order chi connectivity index (χ1) is 6.92. The van der Waals surface area contributed by atoms with Gasteiger partial charge in [0.05, 0.1) is 39.7 Å². The number of methoxy groups -OCH3 is 1. The average molecular weight is 239 g/mol. The molecule has 0 aliphatic rings. The maximum Gasteiger partial charge on any atom is 0.106 e. The van der Waals surface area contributed by atoms with Gasteiger partial charge in [-0.1, -0.05) is 6.92 Å². The fourth-order valence-corrected chi connectivity index (χ4v) is 1.54. The van der Waals surface area contributed by atoms with E-state index in [4.69, 9.17) is 21.1 Å². The first kappa shape index (κ1) is 15.2. The largest absolute Gasteiger partial charge is 0.378 e. The highest BCUT2D eigenvalue weighted by atomic mass is 35.5. The van der Waals surface area contributed by atoms with Crippen LogP contribution in [0.15, 0.2) is 0 Å². The number of ether oxygens (including phenoxy) is 2. The second kappa shape index (κ2) is 7.44. The van der Waals surface area contributed by atoms with Gasteiger partial charge in [0.15, 0.2) is 0 Å². The standard InChI is InChI=1S/C11H25ClNO2/c1-6-10(8-13(2,3)4)15-9-11(7-12)14-5/h10-11H,6-9H2,1-5H3/q+1. The molecule has 0 heterocycles. The van der Waals surface area contributed by atoms with Gasteiger partial charge in [0.1, 0.15) is 12.6 Å². The van der Waals surface area contributed by atoms with Crippen LogP contribution in [0.3, 0.4) is 0 Å². The second-order valence-electron chi connectivity index (χ2n) is 4.85. The molecule has 0 aromatic carbocycles. The van der Waals surface area contributed by atoms with Crippen molar-refractivity contribution in [3.05, 3.63) is 0 Å². The summed E-state index contributed by atoms with van der Waals surface area (Å²) in [5.74, 6) is 0.483. The molecule has 0 saturated carbocycles. The lowest BCUT2D eigenvalue weighted by atomic mass is 10.2. The van der Waals surface area contributed by atoms with Crippen LogP contribution in [-0.4, -0.2) is 64.0 Å². The molecule has 92 valence electrons. The predicted octanol–water partition coefficient (Wildman–Crippen LogP) is 1.74. The first-order valence-corrected chi connectivity index (χ1v) is 5.97. The van der Waals surface area contributed by atoms with Crippen molar-refractivity contribution in [1.82, 2.24) is 0 Å². The summed E-state index contributed by atoms with van der Waals surface area (Å²) in [4.78, 5) is 0. The molecule has 0 spiro atoms. The molecule has 4 heteroatoms. The average Bonchev–Trinajstić information content (AvgIpc) is 2.15. The van der Waals surface area contributed by atoms with E-state index in [0.29, 0.717) is 12.5 Å². The summed E-state index contributed by atoms with van der Waals surface area (Å²) in [7, 11) is 8.17. The zero-order valence-corrected chi connectivity index (χ0v) is 11.4. The maximum absolute atomic E-state index is 5.79. The lowest BCUT2D eigenvalue weighted by molar-refractivity contribution is -0.873. The Morgan fingerprint density at radius 3 is 2.13 bits per heavy atom. The molecule has 0 radical (unpaired) electrons. The third kappa shape index (κ3) is 8.03. The molecule has 0 aliphatic heterocycles. The SMILES string of the molecule is CCC(C[N+](C)(C)C)OCC(CCl)OC. The van der Waals surface area contributed by atoms with Crippen LogP contribution in [0, 0.1) is 0 Å². The molecule has 3 nitrogen and oxygen atoms in total. The van der Waals surface area contributed by atoms with E-state index >= 15 is 0 Å². The Hall–Kier alpha value is 0.170. The monoisotopic (exact) mass is 238 g/mol. The van der Waals surface area contributed by atoms with Gasteiger partial charge in [0, 0.05) is 7.11 Å². The topological polar surface area (TPSA) is 18.5 Å². The van der Waals surface area contributed by atoms with Crippen LogP contribution in [0.4, 0.5) is 0 Å². The van der Waals surface area contributed by atoms with Gasteiger partial charge in [-0.3, -0.25) is 0 Å². The van der Waals surface area contributed by atoms with Gasteiger partial charge in [-0.2, -0.15) is 0 Å². The number of hydrogen-bond donors (Lipinski definition) is 0. The number of likely N-dealkylation sites (N-methyl/N-ethyl adjacent to an activating group) is 1. The minimum atomic E-state index is 0.00758. The van der Waals surface area contributed by atoms with Crippen molar-refractivity contribution in [3.8, 4) is 0 Å². The number of alkyl halides is 1. The smallest absolute Gasteiger partial charge is 0.106 e. The summed E-state index contributed by atoms with van der Waals surface area (Å²) in [6, 6.07) is 0. The summed E-state index contributed by atoms with van der Waals surface area (Å²) in [5.41, 5.74) is 0. The number of hydrogen-bond acceptors (Lipinski definition) is 2.